The average Bonchev–Trinajstić information content (AvgIpc) is 3.34. The maximum absolute atomic E-state index is 13.4. The molecule has 0 aromatic rings. The standard InChI is InChI=1S/C28H50N4O6S/c1-18-21-5-7-25-28(18)29-30-31(25)10-11-36-12-13-37-23-6-9-26-22(16-23)17-32(39(33,34)38-26)19(2)24-15-20(14-21)4-8-27(24)35-3/h18-30H,4-17H2,1-3H3/t18?,19-,20?,21?,22?,23?,24?,25?,26?,27?,28?/m1/s1. The summed E-state index contributed by atoms with van der Waals surface area (Å²) < 4.78 is 52.4. The fourth-order valence-electron chi connectivity index (χ4n) is 8.87. The molecule has 7 rings (SSSR count). The smallest absolute Gasteiger partial charge is 0.338 e. The molecule has 0 aromatic carbocycles. The van der Waals surface area contributed by atoms with E-state index in [2.05, 4.69) is 29.8 Å². The summed E-state index contributed by atoms with van der Waals surface area (Å²) in [7, 11) is -1.99. The Kier molecular flexibility index (Phi) is 8.91. The average molecular weight is 571 g/mol. The number of ether oxygens (including phenoxy) is 3. The number of nitrogens with zero attached hydrogens (tertiary/aromatic N) is 2. The molecule has 224 valence electrons. The van der Waals surface area contributed by atoms with Gasteiger partial charge in [0.15, 0.2) is 0 Å². The van der Waals surface area contributed by atoms with Gasteiger partial charge in [0.05, 0.1) is 38.1 Å². The van der Waals surface area contributed by atoms with Gasteiger partial charge in [0.1, 0.15) is 0 Å². The van der Waals surface area contributed by atoms with Crippen LogP contribution in [0, 0.1) is 29.6 Å². The highest BCUT2D eigenvalue weighted by atomic mass is 32.2. The van der Waals surface area contributed by atoms with E-state index >= 15 is 0 Å². The van der Waals surface area contributed by atoms with Crippen molar-refractivity contribution in [3.63, 3.8) is 0 Å². The lowest BCUT2D eigenvalue weighted by molar-refractivity contribution is -0.0677. The van der Waals surface area contributed by atoms with Gasteiger partial charge in [-0.15, -0.1) is 0 Å². The van der Waals surface area contributed by atoms with Gasteiger partial charge in [0, 0.05) is 50.2 Å². The molecule has 9 bridgehead atoms. The summed E-state index contributed by atoms with van der Waals surface area (Å²) in [6, 6.07) is 0.777. The third kappa shape index (κ3) is 5.95. The quantitative estimate of drug-likeness (QED) is 0.492. The summed E-state index contributed by atoms with van der Waals surface area (Å²) in [5.41, 5.74) is 7.04. The number of rotatable bonds is 1. The highest BCUT2D eigenvalue weighted by Gasteiger charge is 2.49. The molecule has 0 aromatic heterocycles. The van der Waals surface area contributed by atoms with E-state index < -0.39 is 10.3 Å². The van der Waals surface area contributed by atoms with Crippen LogP contribution >= 0.6 is 0 Å². The molecule has 3 saturated carbocycles. The Morgan fingerprint density at radius 1 is 0.923 bits per heavy atom. The molecule has 7 fully saturated rings. The van der Waals surface area contributed by atoms with Crippen molar-refractivity contribution in [1.29, 1.82) is 0 Å². The van der Waals surface area contributed by atoms with Crippen molar-refractivity contribution in [1.82, 2.24) is 20.3 Å². The molecule has 10 nitrogen and oxygen atoms in total. The largest absolute Gasteiger partial charge is 0.381 e. The molecular weight excluding hydrogens is 520 g/mol. The SMILES string of the molecule is COC1CCC2CC3CCC4C(NNN4CCOCCOC4CCC5OS(=O)(=O)N(CC5C4)[C@H](C)C1C2)C3C. The van der Waals surface area contributed by atoms with Gasteiger partial charge in [0.25, 0.3) is 0 Å². The highest BCUT2D eigenvalue weighted by molar-refractivity contribution is 7.84. The molecule has 4 saturated heterocycles. The number of fused-ring (bicyclic) bond motifs is 6. The zero-order valence-electron chi connectivity index (χ0n) is 24.0. The number of hydrogen-bond acceptors (Lipinski definition) is 9. The van der Waals surface area contributed by atoms with Gasteiger partial charge < -0.3 is 14.2 Å². The second-order valence-electron chi connectivity index (χ2n) is 13.2. The lowest BCUT2D eigenvalue weighted by Gasteiger charge is -2.48. The van der Waals surface area contributed by atoms with Crippen LogP contribution in [0.25, 0.3) is 0 Å². The van der Waals surface area contributed by atoms with E-state index in [-0.39, 0.29) is 36.2 Å². The van der Waals surface area contributed by atoms with Crippen molar-refractivity contribution in [3.8, 4) is 0 Å². The van der Waals surface area contributed by atoms with Crippen molar-refractivity contribution >= 4 is 10.3 Å². The fourth-order valence-corrected chi connectivity index (χ4v) is 10.5. The first-order chi connectivity index (χ1) is 18.8. The van der Waals surface area contributed by atoms with Crippen molar-refractivity contribution < 1.29 is 26.8 Å². The Labute approximate surface area is 235 Å². The van der Waals surface area contributed by atoms with E-state index in [4.69, 9.17) is 18.4 Å². The van der Waals surface area contributed by atoms with Crippen molar-refractivity contribution in [3.05, 3.63) is 0 Å². The fraction of sp³-hybridized carbons (Fsp3) is 1.00. The maximum Gasteiger partial charge on any atom is 0.338 e. The summed E-state index contributed by atoms with van der Waals surface area (Å²) in [4.78, 5) is 0. The molecule has 4 heterocycles. The second-order valence-corrected chi connectivity index (χ2v) is 14.7. The van der Waals surface area contributed by atoms with E-state index in [0.717, 1.165) is 45.1 Å². The Bertz CT molecular complexity index is 941. The van der Waals surface area contributed by atoms with Crippen LogP contribution in [-0.2, 0) is 28.7 Å². The van der Waals surface area contributed by atoms with Gasteiger partial charge in [-0.05, 0) is 82.5 Å². The molecule has 4 aliphatic heterocycles. The number of hydrogen-bond donors (Lipinski definition) is 2. The van der Waals surface area contributed by atoms with Crippen LogP contribution in [0.2, 0.25) is 0 Å². The van der Waals surface area contributed by atoms with Crippen LogP contribution < -0.4 is 11.0 Å². The van der Waals surface area contributed by atoms with Crippen molar-refractivity contribution in [2.75, 3.05) is 40.0 Å². The second kappa shape index (κ2) is 12.1. The summed E-state index contributed by atoms with van der Waals surface area (Å²) in [5.74, 6) is 2.16. The topological polar surface area (TPSA) is 102 Å². The molecule has 0 radical (unpaired) electrons. The molecule has 7 aliphatic rings. The molecule has 11 heteroatoms. The van der Waals surface area contributed by atoms with Gasteiger partial charge in [-0.3, -0.25) is 4.18 Å². The summed E-state index contributed by atoms with van der Waals surface area (Å²) in [5, 5.41) is 2.35. The lowest BCUT2D eigenvalue weighted by Crippen LogP contribution is -2.57. The molecule has 2 N–H and O–H groups in total. The Morgan fingerprint density at radius 3 is 2.64 bits per heavy atom. The molecular formula is C28H50N4O6S. The number of nitrogens with one attached hydrogen (secondary N) is 2. The molecule has 0 spiro atoms. The van der Waals surface area contributed by atoms with Gasteiger partial charge in [-0.1, -0.05) is 6.92 Å². The van der Waals surface area contributed by atoms with E-state index in [1.807, 2.05) is 0 Å². The molecule has 3 aliphatic carbocycles. The van der Waals surface area contributed by atoms with E-state index in [0.29, 0.717) is 56.2 Å². The third-order valence-corrected chi connectivity index (χ3v) is 12.7. The van der Waals surface area contributed by atoms with Gasteiger partial charge in [-0.2, -0.15) is 18.3 Å². The van der Waals surface area contributed by atoms with Crippen LogP contribution in [0.1, 0.15) is 71.6 Å². The Morgan fingerprint density at radius 2 is 1.79 bits per heavy atom. The minimum atomic E-state index is -3.78. The Hall–Kier alpha value is -0.370. The first-order valence-electron chi connectivity index (χ1n) is 15.5. The lowest BCUT2D eigenvalue weighted by atomic mass is 9.67. The van der Waals surface area contributed by atoms with E-state index in [1.54, 1.807) is 11.4 Å². The summed E-state index contributed by atoms with van der Waals surface area (Å²) in [6.07, 6.45) is 9.13. The first-order valence-corrected chi connectivity index (χ1v) is 16.9. The Balaban J connectivity index is 1.22. The monoisotopic (exact) mass is 570 g/mol. The van der Waals surface area contributed by atoms with Crippen LogP contribution in [-0.4, -0.2) is 94.2 Å². The summed E-state index contributed by atoms with van der Waals surface area (Å²) in [6.45, 7) is 7.69. The minimum absolute atomic E-state index is 0.0793. The van der Waals surface area contributed by atoms with E-state index in [1.165, 1.54) is 19.3 Å². The van der Waals surface area contributed by atoms with Gasteiger partial charge in [-0.25, -0.2) is 10.4 Å². The van der Waals surface area contributed by atoms with Crippen LogP contribution in [0.15, 0.2) is 0 Å². The normalized spacial score (nSPS) is 50.8. The van der Waals surface area contributed by atoms with Crippen molar-refractivity contribution in [2.24, 2.45) is 29.6 Å². The zero-order chi connectivity index (χ0) is 27.1. The predicted molar refractivity (Wildman–Crippen MR) is 147 cm³/mol. The maximum atomic E-state index is 13.4. The van der Waals surface area contributed by atoms with Gasteiger partial charge in [0.2, 0.25) is 0 Å². The first kappa shape index (κ1) is 28.7. The minimum Gasteiger partial charge on any atom is -0.381 e. The third-order valence-electron chi connectivity index (χ3n) is 11.2. The van der Waals surface area contributed by atoms with Crippen molar-refractivity contribution in [2.45, 2.75) is 108 Å². The van der Waals surface area contributed by atoms with E-state index in [9.17, 15) is 8.42 Å². The van der Waals surface area contributed by atoms with Gasteiger partial charge >= 0.3 is 10.3 Å². The molecule has 12 unspecified atom stereocenters. The number of hydrazine groups is 2. The molecule has 0 amide bonds. The van der Waals surface area contributed by atoms with Crippen LogP contribution in [0.5, 0.6) is 0 Å². The summed E-state index contributed by atoms with van der Waals surface area (Å²) >= 11 is 0. The highest BCUT2D eigenvalue weighted by Crippen LogP contribution is 2.45. The predicted octanol–water partition coefficient (Wildman–Crippen LogP) is 2.47. The number of methoxy groups -OCH3 is 1. The zero-order valence-corrected chi connectivity index (χ0v) is 24.8. The molecule has 13 atom stereocenters. The molecule has 39 heavy (non-hydrogen) atoms. The van der Waals surface area contributed by atoms with Crippen LogP contribution in [0.4, 0.5) is 0 Å². The van der Waals surface area contributed by atoms with Crippen LogP contribution in [0.3, 0.4) is 0 Å².